The van der Waals surface area contributed by atoms with Crippen molar-refractivity contribution in [3.63, 3.8) is 0 Å². The number of hydrogen-bond donors (Lipinski definition) is 2. The standard InChI is InChI=1S/C15H16N6OS/c1-10(21-7-3-6-18-21)9-17-15-19-14(20-23-15)12-5-2-4-11(8-12)13(16)22/h2-8,10H,9H2,1H3,(H2,16,22)(H,17,19,20). The van der Waals surface area contributed by atoms with Gasteiger partial charge < -0.3 is 11.1 Å². The van der Waals surface area contributed by atoms with Gasteiger partial charge in [0.2, 0.25) is 11.0 Å². The van der Waals surface area contributed by atoms with Gasteiger partial charge in [0.15, 0.2) is 5.82 Å². The number of anilines is 1. The van der Waals surface area contributed by atoms with Gasteiger partial charge in [-0.2, -0.15) is 14.5 Å². The molecule has 2 aromatic heterocycles. The monoisotopic (exact) mass is 328 g/mol. The van der Waals surface area contributed by atoms with Crippen LogP contribution in [0.5, 0.6) is 0 Å². The Hall–Kier alpha value is -2.74. The van der Waals surface area contributed by atoms with Crippen molar-refractivity contribution in [3.8, 4) is 11.4 Å². The fourth-order valence-corrected chi connectivity index (χ4v) is 2.69. The number of carbonyl (C=O) groups excluding carboxylic acids is 1. The molecule has 7 nitrogen and oxygen atoms in total. The van der Waals surface area contributed by atoms with E-state index in [9.17, 15) is 4.79 Å². The quantitative estimate of drug-likeness (QED) is 0.722. The maximum Gasteiger partial charge on any atom is 0.248 e. The normalized spacial score (nSPS) is 12.0. The van der Waals surface area contributed by atoms with Gasteiger partial charge in [-0.15, -0.1) is 0 Å². The second kappa shape index (κ2) is 6.57. The number of primary amides is 1. The highest BCUT2D eigenvalue weighted by molar-refractivity contribution is 7.09. The molecule has 1 aromatic carbocycles. The van der Waals surface area contributed by atoms with Gasteiger partial charge in [0, 0.05) is 41.6 Å². The summed E-state index contributed by atoms with van der Waals surface area (Å²) >= 11 is 1.28. The molecule has 2 heterocycles. The molecule has 0 fully saturated rings. The first kappa shape index (κ1) is 15.2. The second-order valence-electron chi connectivity index (χ2n) is 5.08. The van der Waals surface area contributed by atoms with Crippen molar-refractivity contribution in [1.82, 2.24) is 19.1 Å². The lowest BCUT2D eigenvalue weighted by molar-refractivity contribution is 0.100. The number of nitrogens with two attached hydrogens (primary N) is 1. The Kier molecular flexibility index (Phi) is 4.33. The summed E-state index contributed by atoms with van der Waals surface area (Å²) in [5.41, 5.74) is 6.51. The minimum absolute atomic E-state index is 0.204. The molecular formula is C15H16N6OS. The molecule has 0 radical (unpaired) electrons. The molecule has 8 heteroatoms. The average Bonchev–Trinajstić information content (AvgIpc) is 3.24. The first-order valence-electron chi connectivity index (χ1n) is 7.10. The van der Waals surface area contributed by atoms with Gasteiger partial charge in [-0.05, 0) is 25.1 Å². The molecular weight excluding hydrogens is 312 g/mol. The third kappa shape index (κ3) is 3.54. The smallest absolute Gasteiger partial charge is 0.248 e. The predicted molar refractivity (Wildman–Crippen MR) is 89.3 cm³/mol. The molecule has 0 saturated heterocycles. The van der Waals surface area contributed by atoms with Crippen LogP contribution in [0.3, 0.4) is 0 Å². The number of nitrogens with one attached hydrogen (secondary N) is 1. The Bertz CT molecular complexity index is 798. The molecule has 0 aliphatic carbocycles. The Morgan fingerprint density at radius 3 is 3.04 bits per heavy atom. The van der Waals surface area contributed by atoms with Gasteiger partial charge >= 0.3 is 0 Å². The first-order chi connectivity index (χ1) is 11.1. The molecule has 118 valence electrons. The van der Waals surface area contributed by atoms with Crippen LogP contribution >= 0.6 is 11.5 Å². The number of amides is 1. The second-order valence-corrected chi connectivity index (χ2v) is 5.84. The SMILES string of the molecule is CC(CNc1nc(-c2cccc(C(N)=O)c2)ns1)n1cccn1. The Morgan fingerprint density at radius 2 is 2.30 bits per heavy atom. The average molecular weight is 328 g/mol. The lowest BCUT2D eigenvalue weighted by Crippen LogP contribution is -2.16. The van der Waals surface area contributed by atoms with Crippen LogP contribution < -0.4 is 11.1 Å². The van der Waals surface area contributed by atoms with Crippen LogP contribution in [0.2, 0.25) is 0 Å². The minimum Gasteiger partial charge on any atom is -0.366 e. The van der Waals surface area contributed by atoms with Crippen LogP contribution in [-0.4, -0.2) is 31.6 Å². The summed E-state index contributed by atoms with van der Waals surface area (Å²) in [5.74, 6) is 0.112. The number of aromatic nitrogens is 4. The van der Waals surface area contributed by atoms with Crippen LogP contribution in [0, 0.1) is 0 Å². The van der Waals surface area contributed by atoms with Crippen molar-refractivity contribution >= 4 is 22.6 Å². The van der Waals surface area contributed by atoms with E-state index in [2.05, 4.69) is 26.7 Å². The zero-order valence-corrected chi connectivity index (χ0v) is 13.3. The Balaban J connectivity index is 1.68. The first-order valence-corrected chi connectivity index (χ1v) is 7.88. The van der Waals surface area contributed by atoms with E-state index >= 15 is 0 Å². The van der Waals surface area contributed by atoms with Gasteiger partial charge in [0.05, 0.1) is 6.04 Å². The molecule has 23 heavy (non-hydrogen) atoms. The molecule has 1 atom stereocenters. The van der Waals surface area contributed by atoms with Crippen molar-refractivity contribution in [3.05, 3.63) is 48.3 Å². The molecule has 0 saturated carbocycles. The van der Waals surface area contributed by atoms with Crippen molar-refractivity contribution in [2.75, 3.05) is 11.9 Å². The van der Waals surface area contributed by atoms with E-state index in [-0.39, 0.29) is 6.04 Å². The molecule has 1 unspecified atom stereocenters. The van der Waals surface area contributed by atoms with Crippen LogP contribution in [0.25, 0.3) is 11.4 Å². The number of hydrogen-bond acceptors (Lipinski definition) is 6. The van der Waals surface area contributed by atoms with E-state index in [4.69, 9.17) is 5.73 Å². The largest absolute Gasteiger partial charge is 0.366 e. The van der Waals surface area contributed by atoms with E-state index in [0.717, 1.165) is 10.7 Å². The third-order valence-corrected chi connectivity index (χ3v) is 4.03. The van der Waals surface area contributed by atoms with Gasteiger partial charge in [-0.1, -0.05) is 12.1 Å². The lowest BCUT2D eigenvalue weighted by Gasteiger charge is -2.11. The fourth-order valence-electron chi connectivity index (χ4n) is 2.09. The summed E-state index contributed by atoms with van der Waals surface area (Å²) in [7, 11) is 0. The van der Waals surface area contributed by atoms with Crippen molar-refractivity contribution in [2.45, 2.75) is 13.0 Å². The van der Waals surface area contributed by atoms with Crippen molar-refractivity contribution in [1.29, 1.82) is 0 Å². The molecule has 0 bridgehead atoms. The number of carbonyl (C=O) groups is 1. The van der Waals surface area contributed by atoms with Crippen molar-refractivity contribution in [2.24, 2.45) is 5.73 Å². The molecule has 0 aliphatic heterocycles. The van der Waals surface area contributed by atoms with Gasteiger partial charge in [-0.3, -0.25) is 9.48 Å². The van der Waals surface area contributed by atoms with Gasteiger partial charge in [0.1, 0.15) is 0 Å². The van der Waals surface area contributed by atoms with E-state index in [1.807, 2.05) is 23.0 Å². The zero-order valence-electron chi connectivity index (χ0n) is 12.5. The third-order valence-electron chi connectivity index (χ3n) is 3.36. The highest BCUT2D eigenvalue weighted by atomic mass is 32.1. The van der Waals surface area contributed by atoms with Crippen LogP contribution in [0.15, 0.2) is 42.7 Å². The summed E-state index contributed by atoms with van der Waals surface area (Å²) in [5, 5.41) is 8.19. The maximum absolute atomic E-state index is 11.2. The summed E-state index contributed by atoms with van der Waals surface area (Å²) in [6.45, 7) is 2.76. The van der Waals surface area contributed by atoms with E-state index in [1.165, 1.54) is 11.5 Å². The summed E-state index contributed by atoms with van der Waals surface area (Å²) in [4.78, 5) is 15.7. The number of nitrogens with zero attached hydrogens (tertiary/aromatic N) is 4. The minimum atomic E-state index is -0.464. The zero-order chi connectivity index (χ0) is 16.2. The fraction of sp³-hybridized carbons (Fsp3) is 0.200. The Morgan fingerprint density at radius 1 is 1.43 bits per heavy atom. The molecule has 1 amide bonds. The van der Waals surface area contributed by atoms with Gasteiger partial charge in [0.25, 0.3) is 0 Å². The van der Waals surface area contributed by atoms with Crippen molar-refractivity contribution < 1.29 is 4.79 Å². The highest BCUT2D eigenvalue weighted by Gasteiger charge is 2.10. The maximum atomic E-state index is 11.2. The van der Waals surface area contributed by atoms with Crippen LogP contribution in [0.4, 0.5) is 5.13 Å². The molecule has 3 aromatic rings. The highest BCUT2D eigenvalue weighted by Crippen LogP contribution is 2.22. The summed E-state index contributed by atoms with van der Waals surface area (Å²) < 4.78 is 6.20. The lowest BCUT2D eigenvalue weighted by atomic mass is 10.1. The van der Waals surface area contributed by atoms with E-state index < -0.39 is 5.91 Å². The molecule has 0 aliphatic rings. The van der Waals surface area contributed by atoms with Gasteiger partial charge in [-0.25, -0.2) is 0 Å². The summed E-state index contributed by atoms with van der Waals surface area (Å²) in [6.07, 6.45) is 3.68. The van der Waals surface area contributed by atoms with Crippen LogP contribution in [0.1, 0.15) is 23.3 Å². The predicted octanol–water partition coefficient (Wildman–Crippen LogP) is 2.17. The molecule has 0 spiro atoms. The van der Waals surface area contributed by atoms with E-state index in [0.29, 0.717) is 17.9 Å². The molecule has 3 rings (SSSR count). The number of benzene rings is 1. The van der Waals surface area contributed by atoms with Crippen LogP contribution in [-0.2, 0) is 0 Å². The topological polar surface area (TPSA) is 98.7 Å². The molecule has 3 N–H and O–H groups in total. The number of rotatable bonds is 6. The van der Waals surface area contributed by atoms with E-state index in [1.54, 1.807) is 24.4 Å². The summed E-state index contributed by atoms with van der Waals surface area (Å²) in [6, 6.07) is 9.08. The Labute approximate surface area is 137 Å².